The molecule has 3 aromatic carbocycles. The molecule has 0 saturated carbocycles. The number of para-hydroxylation sites is 1. The highest BCUT2D eigenvalue weighted by Crippen LogP contribution is 2.30. The Morgan fingerprint density at radius 1 is 1.05 bits per heavy atom. The Labute approximate surface area is 214 Å². The summed E-state index contributed by atoms with van der Waals surface area (Å²) in [5.74, 6) is 0.900. The molecule has 1 amide bonds. The third-order valence-corrected chi connectivity index (χ3v) is 5.73. The molecular formula is C29H25N5O3. The summed E-state index contributed by atoms with van der Waals surface area (Å²) in [5, 5.41) is 21.7. The maximum atomic E-state index is 12.4. The number of imidazole rings is 1. The molecule has 0 saturated heterocycles. The van der Waals surface area contributed by atoms with Gasteiger partial charge in [0.05, 0.1) is 34.5 Å². The topological polar surface area (TPSA) is 124 Å². The highest BCUT2D eigenvalue weighted by atomic mass is 16.5. The number of aromatic nitrogens is 2. The molecule has 0 aliphatic carbocycles. The summed E-state index contributed by atoms with van der Waals surface area (Å²) in [6, 6.07) is 20.2. The third-order valence-electron chi connectivity index (χ3n) is 5.73. The van der Waals surface area contributed by atoms with Crippen LogP contribution in [-0.4, -0.2) is 29.1 Å². The molecule has 8 nitrogen and oxygen atoms in total. The first-order valence-electron chi connectivity index (χ1n) is 11.7. The molecule has 0 radical (unpaired) electrons. The fourth-order valence-corrected chi connectivity index (χ4v) is 3.74. The summed E-state index contributed by atoms with van der Waals surface area (Å²) in [5.41, 5.74) is 5.82. The molecule has 184 valence electrons. The number of allylic oxidation sites excluding steroid dienone is 1. The number of benzene rings is 3. The summed E-state index contributed by atoms with van der Waals surface area (Å²) < 4.78 is 11.4. The Morgan fingerprint density at radius 3 is 2.59 bits per heavy atom. The van der Waals surface area contributed by atoms with Crippen LogP contribution in [0.5, 0.6) is 11.5 Å². The van der Waals surface area contributed by atoms with Gasteiger partial charge in [-0.05, 0) is 79.9 Å². The highest BCUT2D eigenvalue weighted by molar-refractivity contribution is 5.93. The number of aromatic amines is 1. The zero-order valence-corrected chi connectivity index (χ0v) is 20.8. The van der Waals surface area contributed by atoms with Gasteiger partial charge in [0.1, 0.15) is 18.0 Å². The predicted octanol–water partition coefficient (Wildman–Crippen LogP) is 5.53. The summed E-state index contributed by atoms with van der Waals surface area (Å²) in [4.78, 5) is 20.2. The number of nitrogens with one attached hydrogen (secondary N) is 2. The van der Waals surface area contributed by atoms with Crippen LogP contribution in [0.3, 0.4) is 0 Å². The highest BCUT2D eigenvalue weighted by Gasteiger charge is 2.13. The van der Waals surface area contributed by atoms with Gasteiger partial charge in [0, 0.05) is 0 Å². The Kier molecular flexibility index (Phi) is 7.51. The van der Waals surface area contributed by atoms with E-state index in [-0.39, 0.29) is 6.61 Å². The largest absolute Gasteiger partial charge is 0.490 e. The zero-order chi connectivity index (χ0) is 26.4. The van der Waals surface area contributed by atoms with Gasteiger partial charge in [0.25, 0.3) is 5.91 Å². The molecule has 0 spiro atoms. The number of nitrogens with zero attached hydrogens (tertiary/aromatic N) is 3. The summed E-state index contributed by atoms with van der Waals surface area (Å²) in [6.07, 6.45) is 1.72. The number of carbonyl (C=O) groups is 1. The molecule has 0 fully saturated rings. The average Bonchev–Trinajstić information content (AvgIpc) is 3.29. The number of nitriles is 2. The molecule has 0 aliphatic heterocycles. The van der Waals surface area contributed by atoms with E-state index < -0.39 is 5.91 Å². The predicted molar refractivity (Wildman–Crippen MR) is 142 cm³/mol. The Hall–Kier alpha value is -5.08. The zero-order valence-electron chi connectivity index (χ0n) is 20.8. The van der Waals surface area contributed by atoms with Crippen LogP contribution in [0, 0.1) is 36.5 Å². The maximum Gasteiger partial charge on any atom is 0.262 e. The normalized spacial score (nSPS) is 11.0. The SMILES string of the molecule is CCOc1cc(/C=C(\C#N)c2nc3cc(C)c(C)cc3[nH]2)ccc1OCC(=O)Nc1ccccc1C#N. The molecular weight excluding hydrogens is 466 g/mol. The number of amides is 1. The van der Waals surface area contributed by atoms with Gasteiger partial charge in [-0.3, -0.25) is 4.79 Å². The minimum atomic E-state index is -0.406. The van der Waals surface area contributed by atoms with Gasteiger partial charge in [-0.15, -0.1) is 0 Å². The van der Waals surface area contributed by atoms with Gasteiger partial charge in [0.2, 0.25) is 0 Å². The minimum absolute atomic E-state index is 0.268. The molecule has 1 heterocycles. The molecule has 1 aromatic heterocycles. The van der Waals surface area contributed by atoms with Crippen molar-refractivity contribution in [3.8, 4) is 23.6 Å². The van der Waals surface area contributed by atoms with Crippen LogP contribution in [0.2, 0.25) is 0 Å². The average molecular weight is 492 g/mol. The number of hydrogen-bond donors (Lipinski definition) is 2. The fraction of sp³-hybridized carbons (Fsp3) is 0.172. The van der Waals surface area contributed by atoms with E-state index >= 15 is 0 Å². The van der Waals surface area contributed by atoms with E-state index in [1.165, 1.54) is 0 Å². The van der Waals surface area contributed by atoms with Gasteiger partial charge in [-0.2, -0.15) is 10.5 Å². The van der Waals surface area contributed by atoms with Gasteiger partial charge in [-0.25, -0.2) is 4.98 Å². The maximum absolute atomic E-state index is 12.4. The molecule has 4 rings (SSSR count). The van der Waals surface area contributed by atoms with Gasteiger partial charge in [-0.1, -0.05) is 18.2 Å². The first-order valence-corrected chi connectivity index (χ1v) is 11.7. The number of H-pyrrole nitrogens is 1. The second kappa shape index (κ2) is 11.1. The smallest absolute Gasteiger partial charge is 0.262 e. The fourth-order valence-electron chi connectivity index (χ4n) is 3.74. The monoisotopic (exact) mass is 491 g/mol. The molecule has 0 bridgehead atoms. The first kappa shape index (κ1) is 25.0. The van der Waals surface area contributed by atoms with E-state index in [0.717, 1.165) is 22.2 Å². The molecule has 2 N–H and O–H groups in total. The van der Waals surface area contributed by atoms with Crippen molar-refractivity contribution in [3.05, 3.63) is 82.7 Å². The lowest BCUT2D eigenvalue weighted by Gasteiger charge is -2.13. The van der Waals surface area contributed by atoms with E-state index in [0.29, 0.717) is 46.3 Å². The van der Waals surface area contributed by atoms with Gasteiger partial charge >= 0.3 is 0 Å². The number of fused-ring (bicyclic) bond motifs is 1. The second-order valence-corrected chi connectivity index (χ2v) is 8.34. The number of ether oxygens (including phenoxy) is 2. The Balaban J connectivity index is 1.53. The lowest BCUT2D eigenvalue weighted by atomic mass is 10.1. The summed E-state index contributed by atoms with van der Waals surface area (Å²) in [7, 11) is 0. The number of carbonyl (C=O) groups excluding carboxylic acids is 1. The molecule has 0 aliphatic rings. The van der Waals surface area contributed by atoms with Crippen molar-refractivity contribution in [2.24, 2.45) is 0 Å². The standard InChI is InChI=1S/C29H25N5O3/c1-4-36-27-14-20(13-22(16-31)29-33-24-11-18(2)19(3)12-25(24)34-29)9-10-26(27)37-17-28(35)32-23-8-6-5-7-21(23)15-30/h5-14H,4,17H2,1-3H3,(H,32,35)(H,33,34)/b22-13+. The first-order chi connectivity index (χ1) is 17.9. The number of rotatable bonds is 8. The quantitative estimate of drug-likeness (QED) is 0.312. The van der Waals surface area contributed by atoms with Crippen LogP contribution >= 0.6 is 0 Å². The van der Waals surface area contributed by atoms with Crippen molar-refractivity contribution >= 4 is 34.3 Å². The molecule has 37 heavy (non-hydrogen) atoms. The van der Waals surface area contributed by atoms with E-state index in [4.69, 9.17) is 9.47 Å². The molecule has 0 atom stereocenters. The van der Waals surface area contributed by atoms with E-state index in [2.05, 4.69) is 21.4 Å². The second-order valence-electron chi connectivity index (χ2n) is 8.34. The van der Waals surface area contributed by atoms with Crippen molar-refractivity contribution in [1.29, 1.82) is 10.5 Å². The lowest BCUT2D eigenvalue weighted by Crippen LogP contribution is -2.21. The number of aryl methyl sites for hydroxylation is 2. The summed E-state index contributed by atoms with van der Waals surface area (Å²) >= 11 is 0. The third kappa shape index (κ3) is 5.77. The van der Waals surface area contributed by atoms with Crippen molar-refractivity contribution in [2.75, 3.05) is 18.5 Å². The molecule has 0 unspecified atom stereocenters. The van der Waals surface area contributed by atoms with E-state index in [1.54, 1.807) is 48.5 Å². The molecule has 4 aromatic rings. The molecule has 8 heteroatoms. The number of hydrogen-bond acceptors (Lipinski definition) is 6. The van der Waals surface area contributed by atoms with Crippen molar-refractivity contribution in [2.45, 2.75) is 20.8 Å². The van der Waals surface area contributed by atoms with Gasteiger partial charge in [0.15, 0.2) is 18.1 Å². The van der Waals surface area contributed by atoms with Crippen LogP contribution in [0.25, 0.3) is 22.7 Å². The van der Waals surface area contributed by atoms with Crippen molar-refractivity contribution < 1.29 is 14.3 Å². The summed E-state index contributed by atoms with van der Waals surface area (Å²) in [6.45, 7) is 6.02. The lowest BCUT2D eigenvalue weighted by molar-refractivity contribution is -0.118. The minimum Gasteiger partial charge on any atom is -0.490 e. The Bertz CT molecular complexity index is 1550. The van der Waals surface area contributed by atoms with E-state index in [9.17, 15) is 15.3 Å². The van der Waals surface area contributed by atoms with Crippen LogP contribution < -0.4 is 14.8 Å². The van der Waals surface area contributed by atoms with Crippen molar-refractivity contribution in [3.63, 3.8) is 0 Å². The van der Waals surface area contributed by atoms with E-state index in [1.807, 2.05) is 39.0 Å². The number of anilines is 1. The van der Waals surface area contributed by atoms with Crippen molar-refractivity contribution in [1.82, 2.24) is 9.97 Å². The van der Waals surface area contributed by atoms with Crippen LogP contribution in [0.15, 0.2) is 54.6 Å². The van der Waals surface area contributed by atoms with Crippen LogP contribution in [-0.2, 0) is 4.79 Å². The van der Waals surface area contributed by atoms with Gasteiger partial charge < -0.3 is 19.8 Å². The van der Waals surface area contributed by atoms with Crippen LogP contribution in [0.4, 0.5) is 5.69 Å². The van der Waals surface area contributed by atoms with Crippen LogP contribution in [0.1, 0.15) is 35.0 Å². The Morgan fingerprint density at radius 2 is 1.84 bits per heavy atom.